The molecule has 0 saturated carbocycles. The summed E-state index contributed by atoms with van der Waals surface area (Å²) in [6, 6.07) is 8.54. The zero-order chi connectivity index (χ0) is 13.7. The summed E-state index contributed by atoms with van der Waals surface area (Å²) in [5, 5.41) is 4.42. The minimum absolute atomic E-state index is 0.211. The number of ether oxygens (including phenoxy) is 1. The van der Waals surface area contributed by atoms with Crippen molar-refractivity contribution in [2.75, 3.05) is 11.1 Å². The lowest BCUT2D eigenvalue weighted by Gasteiger charge is -2.19. The van der Waals surface area contributed by atoms with Gasteiger partial charge < -0.3 is 10.1 Å². The minimum Gasteiger partial charge on any atom is -0.491 e. The number of hydrogen-bond donors (Lipinski definition) is 1. The van der Waals surface area contributed by atoms with Crippen LogP contribution in [0.15, 0.2) is 29.3 Å². The summed E-state index contributed by atoms with van der Waals surface area (Å²) in [6.45, 7) is 6.26. The molecule has 0 aromatic heterocycles. The quantitative estimate of drug-likeness (QED) is 0.898. The van der Waals surface area contributed by atoms with Crippen molar-refractivity contribution < 1.29 is 4.74 Å². The van der Waals surface area contributed by atoms with Crippen molar-refractivity contribution >= 4 is 22.6 Å². The van der Waals surface area contributed by atoms with Gasteiger partial charge >= 0.3 is 0 Å². The Morgan fingerprint density at radius 3 is 2.74 bits per heavy atom. The highest BCUT2D eigenvalue weighted by molar-refractivity contribution is 8.14. The third-order valence-electron chi connectivity index (χ3n) is 2.94. The number of aliphatic imine (C=N–C) groups is 1. The van der Waals surface area contributed by atoms with Crippen LogP contribution in [0.4, 0.5) is 5.69 Å². The summed E-state index contributed by atoms with van der Waals surface area (Å²) in [7, 11) is 0. The fraction of sp³-hybridized carbons (Fsp3) is 0.533. The number of thioether (sulfide) groups is 1. The standard InChI is InChI=1S/C15H22N2OS/c1-4-12-9-10-19-15(16-12)17-13-5-7-14(8-6-13)18-11(2)3/h5-8,11-12H,4,9-10H2,1-3H3,(H,16,17). The molecular weight excluding hydrogens is 256 g/mol. The second kappa shape index (κ2) is 6.85. The van der Waals surface area contributed by atoms with E-state index in [1.807, 2.05) is 38.1 Å². The average Bonchev–Trinajstić information content (AvgIpc) is 2.41. The van der Waals surface area contributed by atoms with E-state index in [-0.39, 0.29) is 6.10 Å². The topological polar surface area (TPSA) is 33.6 Å². The van der Waals surface area contributed by atoms with E-state index in [2.05, 4.69) is 12.2 Å². The first-order valence-electron chi connectivity index (χ1n) is 6.91. The molecule has 19 heavy (non-hydrogen) atoms. The number of nitrogens with zero attached hydrogens (tertiary/aromatic N) is 1. The van der Waals surface area contributed by atoms with Crippen LogP contribution in [-0.2, 0) is 0 Å². The predicted molar refractivity (Wildman–Crippen MR) is 84.4 cm³/mol. The maximum Gasteiger partial charge on any atom is 0.161 e. The summed E-state index contributed by atoms with van der Waals surface area (Å²) in [5.41, 5.74) is 1.07. The molecule has 1 N–H and O–H groups in total. The molecule has 1 aromatic rings. The molecular formula is C15H22N2OS. The normalized spacial score (nSPS) is 19.2. The number of anilines is 1. The molecule has 0 aliphatic carbocycles. The summed E-state index contributed by atoms with van der Waals surface area (Å²) < 4.78 is 5.63. The smallest absolute Gasteiger partial charge is 0.161 e. The van der Waals surface area contributed by atoms with Crippen LogP contribution in [-0.4, -0.2) is 23.1 Å². The van der Waals surface area contributed by atoms with E-state index >= 15 is 0 Å². The average molecular weight is 278 g/mol. The second-order valence-electron chi connectivity index (χ2n) is 4.95. The van der Waals surface area contributed by atoms with Gasteiger partial charge in [-0.05, 0) is 51.0 Å². The highest BCUT2D eigenvalue weighted by atomic mass is 32.2. The third-order valence-corrected chi connectivity index (χ3v) is 3.86. The van der Waals surface area contributed by atoms with Gasteiger partial charge in [-0.1, -0.05) is 18.7 Å². The van der Waals surface area contributed by atoms with Crippen molar-refractivity contribution in [1.29, 1.82) is 0 Å². The second-order valence-corrected chi connectivity index (χ2v) is 6.03. The summed E-state index contributed by atoms with van der Waals surface area (Å²) in [6.07, 6.45) is 2.52. The Bertz CT molecular complexity index is 428. The van der Waals surface area contributed by atoms with Crippen LogP contribution in [0.2, 0.25) is 0 Å². The van der Waals surface area contributed by atoms with E-state index in [4.69, 9.17) is 9.73 Å². The predicted octanol–water partition coefficient (Wildman–Crippen LogP) is 4.16. The Balaban J connectivity index is 1.97. The number of hydrogen-bond acceptors (Lipinski definition) is 4. The van der Waals surface area contributed by atoms with Gasteiger partial charge in [0.05, 0.1) is 12.1 Å². The monoisotopic (exact) mass is 278 g/mol. The zero-order valence-corrected chi connectivity index (χ0v) is 12.7. The molecule has 1 aromatic carbocycles. The zero-order valence-electron chi connectivity index (χ0n) is 11.8. The summed E-state index contributed by atoms with van der Waals surface area (Å²) >= 11 is 1.80. The molecule has 1 atom stereocenters. The minimum atomic E-state index is 0.211. The van der Waals surface area contributed by atoms with Crippen LogP contribution in [0.1, 0.15) is 33.6 Å². The van der Waals surface area contributed by atoms with Gasteiger partial charge in [0.1, 0.15) is 5.75 Å². The Hall–Kier alpha value is -1.16. The molecule has 104 valence electrons. The van der Waals surface area contributed by atoms with Gasteiger partial charge in [0.15, 0.2) is 5.17 Å². The number of nitrogens with one attached hydrogen (secondary N) is 1. The van der Waals surface area contributed by atoms with Gasteiger partial charge in [-0.25, -0.2) is 0 Å². The van der Waals surface area contributed by atoms with Crippen LogP contribution >= 0.6 is 11.8 Å². The van der Waals surface area contributed by atoms with Gasteiger partial charge in [0.2, 0.25) is 0 Å². The Labute approximate surface area is 119 Å². The van der Waals surface area contributed by atoms with Gasteiger partial charge in [-0.2, -0.15) is 0 Å². The molecule has 1 unspecified atom stereocenters. The summed E-state index contributed by atoms with van der Waals surface area (Å²) in [5.74, 6) is 2.06. The van der Waals surface area contributed by atoms with E-state index < -0.39 is 0 Å². The van der Waals surface area contributed by atoms with Crippen LogP contribution in [0.25, 0.3) is 0 Å². The van der Waals surface area contributed by atoms with E-state index in [9.17, 15) is 0 Å². The number of amidine groups is 1. The van der Waals surface area contributed by atoms with Crippen LogP contribution < -0.4 is 10.1 Å². The van der Waals surface area contributed by atoms with Gasteiger partial charge in [0.25, 0.3) is 0 Å². The first kappa shape index (κ1) is 14.3. The first-order chi connectivity index (χ1) is 9.17. The van der Waals surface area contributed by atoms with E-state index in [0.29, 0.717) is 6.04 Å². The Kier molecular flexibility index (Phi) is 5.14. The van der Waals surface area contributed by atoms with Gasteiger partial charge in [-0.3, -0.25) is 4.99 Å². The number of rotatable bonds is 4. The van der Waals surface area contributed by atoms with Gasteiger partial charge in [0, 0.05) is 11.4 Å². The fourth-order valence-electron chi connectivity index (χ4n) is 1.94. The third kappa shape index (κ3) is 4.46. The first-order valence-corrected chi connectivity index (χ1v) is 7.90. The summed E-state index contributed by atoms with van der Waals surface area (Å²) in [4.78, 5) is 4.70. The van der Waals surface area contributed by atoms with Crippen molar-refractivity contribution in [3.63, 3.8) is 0 Å². The highest BCUT2D eigenvalue weighted by Crippen LogP contribution is 2.22. The van der Waals surface area contributed by atoms with Gasteiger partial charge in [-0.15, -0.1) is 0 Å². The van der Waals surface area contributed by atoms with Crippen LogP contribution in [0.5, 0.6) is 5.75 Å². The molecule has 0 amide bonds. The molecule has 1 heterocycles. The molecule has 1 aliphatic rings. The van der Waals surface area contributed by atoms with Crippen molar-refractivity contribution in [3.8, 4) is 5.75 Å². The maximum absolute atomic E-state index is 5.63. The van der Waals surface area contributed by atoms with Crippen molar-refractivity contribution in [3.05, 3.63) is 24.3 Å². The fourth-order valence-corrected chi connectivity index (χ4v) is 2.93. The van der Waals surface area contributed by atoms with Crippen molar-refractivity contribution in [2.45, 2.75) is 45.8 Å². The molecule has 0 spiro atoms. The molecule has 0 fully saturated rings. The SMILES string of the molecule is CCC1CCSC(Nc2ccc(OC(C)C)cc2)=N1. The molecule has 0 saturated heterocycles. The van der Waals surface area contributed by atoms with Crippen molar-refractivity contribution in [1.82, 2.24) is 0 Å². The highest BCUT2D eigenvalue weighted by Gasteiger charge is 2.13. The maximum atomic E-state index is 5.63. The van der Waals surface area contributed by atoms with Crippen molar-refractivity contribution in [2.24, 2.45) is 4.99 Å². The van der Waals surface area contributed by atoms with E-state index in [1.165, 1.54) is 6.42 Å². The lowest BCUT2D eigenvalue weighted by molar-refractivity contribution is 0.242. The van der Waals surface area contributed by atoms with Crippen LogP contribution in [0.3, 0.4) is 0 Å². The lowest BCUT2D eigenvalue weighted by atomic mass is 10.2. The molecule has 0 bridgehead atoms. The molecule has 1 aliphatic heterocycles. The van der Waals surface area contributed by atoms with E-state index in [1.54, 1.807) is 11.8 Å². The largest absolute Gasteiger partial charge is 0.491 e. The molecule has 2 rings (SSSR count). The van der Waals surface area contributed by atoms with E-state index in [0.717, 1.165) is 28.8 Å². The van der Waals surface area contributed by atoms with Crippen LogP contribution in [0, 0.1) is 0 Å². The Morgan fingerprint density at radius 2 is 2.11 bits per heavy atom. The molecule has 3 nitrogen and oxygen atoms in total. The Morgan fingerprint density at radius 1 is 1.37 bits per heavy atom. The lowest BCUT2D eigenvalue weighted by Crippen LogP contribution is -2.19. The number of benzene rings is 1. The molecule has 4 heteroatoms. The molecule has 0 radical (unpaired) electrons.